The predicted molar refractivity (Wildman–Crippen MR) is 78.0 cm³/mol. The van der Waals surface area contributed by atoms with Crippen molar-refractivity contribution in [3.05, 3.63) is 36.1 Å². The molecule has 7 nitrogen and oxygen atoms in total. The van der Waals surface area contributed by atoms with Gasteiger partial charge in [0.2, 0.25) is 5.91 Å². The van der Waals surface area contributed by atoms with E-state index in [1.807, 2.05) is 18.2 Å². The van der Waals surface area contributed by atoms with E-state index in [2.05, 4.69) is 5.48 Å². The molecule has 2 rings (SSSR count). The number of nitrogens with one attached hydrogen (secondary N) is 2. The van der Waals surface area contributed by atoms with Gasteiger partial charge in [-0.25, -0.2) is 11.0 Å². The molecule has 1 heterocycles. The topological polar surface area (TPSA) is 101 Å². The Balaban J connectivity index is 1.64. The van der Waals surface area contributed by atoms with Gasteiger partial charge in [0, 0.05) is 11.8 Å². The monoisotopic (exact) mass is 306 g/mol. The van der Waals surface area contributed by atoms with Crippen molar-refractivity contribution < 1.29 is 24.1 Å². The third-order valence-electron chi connectivity index (χ3n) is 3.09. The highest BCUT2D eigenvalue weighted by Gasteiger charge is 2.11. The lowest BCUT2D eigenvalue weighted by molar-refractivity contribution is -0.129. The van der Waals surface area contributed by atoms with Crippen molar-refractivity contribution >= 4 is 22.8 Å². The van der Waals surface area contributed by atoms with Crippen LogP contribution in [0.25, 0.3) is 11.0 Å². The highest BCUT2D eigenvalue weighted by atomic mass is 16.7. The Labute approximate surface area is 127 Å². The highest BCUT2D eigenvalue weighted by Crippen LogP contribution is 2.18. The molecule has 0 spiro atoms. The minimum Gasteiger partial charge on any atom is -0.451 e. The van der Waals surface area contributed by atoms with Gasteiger partial charge in [0.1, 0.15) is 5.58 Å². The molecule has 3 N–H and O–H groups in total. The van der Waals surface area contributed by atoms with E-state index >= 15 is 0 Å². The summed E-state index contributed by atoms with van der Waals surface area (Å²) in [4.78, 5) is 27.7. The minimum absolute atomic E-state index is 0.195. The first-order chi connectivity index (χ1) is 10.7. The fourth-order valence-corrected chi connectivity index (χ4v) is 1.95. The summed E-state index contributed by atoms with van der Waals surface area (Å²) in [6.07, 6.45) is 2.36. The Bertz CT molecular complexity index is 605. The summed E-state index contributed by atoms with van der Waals surface area (Å²) in [5.74, 6) is -0.643. The summed E-state index contributed by atoms with van der Waals surface area (Å²) < 4.78 is 5.40. The molecule has 0 aliphatic rings. The van der Waals surface area contributed by atoms with Gasteiger partial charge in [-0.1, -0.05) is 24.6 Å². The van der Waals surface area contributed by atoms with Gasteiger partial charge >= 0.3 is 5.91 Å². The Morgan fingerprint density at radius 2 is 2.00 bits per heavy atom. The van der Waals surface area contributed by atoms with Gasteiger partial charge in [0.05, 0.1) is 6.61 Å². The second-order valence-corrected chi connectivity index (χ2v) is 4.77. The first kappa shape index (κ1) is 16.0. The average Bonchev–Trinajstić information content (AvgIpc) is 2.97. The SMILES string of the molecule is O=C(CCCCCONC(=O)c1cc2ccccc2o1)NO. The number of amides is 2. The van der Waals surface area contributed by atoms with Crippen molar-refractivity contribution in [2.75, 3.05) is 6.61 Å². The van der Waals surface area contributed by atoms with Gasteiger partial charge < -0.3 is 4.42 Å². The van der Waals surface area contributed by atoms with E-state index in [0.29, 0.717) is 25.0 Å². The summed E-state index contributed by atoms with van der Waals surface area (Å²) in [7, 11) is 0. The van der Waals surface area contributed by atoms with Crippen LogP contribution in [0.3, 0.4) is 0 Å². The lowest BCUT2D eigenvalue weighted by Crippen LogP contribution is -2.23. The normalized spacial score (nSPS) is 10.6. The summed E-state index contributed by atoms with van der Waals surface area (Å²) in [6.45, 7) is 0.340. The van der Waals surface area contributed by atoms with E-state index in [-0.39, 0.29) is 12.2 Å². The molecule has 1 aromatic carbocycles. The molecule has 0 aliphatic carbocycles. The summed E-state index contributed by atoms with van der Waals surface area (Å²) >= 11 is 0. The zero-order chi connectivity index (χ0) is 15.8. The van der Waals surface area contributed by atoms with Gasteiger partial charge in [-0.2, -0.15) is 0 Å². The fourth-order valence-electron chi connectivity index (χ4n) is 1.95. The lowest BCUT2D eigenvalue weighted by Gasteiger charge is -2.04. The summed E-state index contributed by atoms with van der Waals surface area (Å²) in [5, 5.41) is 9.17. The molecule has 7 heteroatoms. The quantitative estimate of drug-likeness (QED) is 0.394. The average molecular weight is 306 g/mol. The molecule has 0 saturated carbocycles. The van der Waals surface area contributed by atoms with Crippen LogP contribution in [0.1, 0.15) is 36.2 Å². The molecule has 0 bridgehead atoms. The number of furan rings is 1. The number of fused-ring (bicyclic) bond motifs is 1. The standard InChI is InChI=1S/C15H18N2O5/c18-14(16-20)8-2-1-5-9-21-17-15(19)13-10-11-6-3-4-7-12(11)22-13/h3-4,6-7,10,20H,1-2,5,8-9H2,(H,16,18)(H,17,19). The van der Waals surface area contributed by atoms with Crippen LogP contribution in [0.5, 0.6) is 0 Å². The molecule has 0 saturated heterocycles. The largest absolute Gasteiger partial charge is 0.451 e. The number of hydroxylamine groups is 2. The van der Waals surface area contributed by atoms with Crippen LogP contribution in [0.15, 0.2) is 34.7 Å². The molecular weight excluding hydrogens is 288 g/mol. The Kier molecular flexibility index (Phi) is 5.93. The molecule has 22 heavy (non-hydrogen) atoms. The van der Waals surface area contributed by atoms with E-state index in [9.17, 15) is 9.59 Å². The molecular formula is C15H18N2O5. The molecule has 0 aliphatic heterocycles. The zero-order valence-electron chi connectivity index (χ0n) is 12.0. The number of hydrogen-bond acceptors (Lipinski definition) is 5. The maximum absolute atomic E-state index is 11.8. The van der Waals surface area contributed by atoms with E-state index in [1.54, 1.807) is 17.6 Å². The Morgan fingerprint density at radius 3 is 2.77 bits per heavy atom. The van der Waals surface area contributed by atoms with Crippen molar-refractivity contribution in [3.63, 3.8) is 0 Å². The van der Waals surface area contributed by atoms with Crippen LogP contribution in [0.2, 0.25) is 0 Å². The minimum atomic E-state index is -0.434. The number of carbonyl (C=O) groups is 2. The van der Waals surface area contributed by atoms with Crippen LogP contribution in [0, 0.1) is 0 Å². The maximum atomic E-state index is 11.8. The highest BCUT2D eigenvalue weighted by molar-refractivity contribution is 5.95. The molecule has 118 valence electrons. The molecule has 0 unspecified atom stereocenters. The van der Waals surface area contributed by atoms with Gasteiger partial charge in [0.15, 0.2) is 5.76 Å². The predicted octanol–water partition coefficient (Wildman–Crippen LogP) is 2.16. The number of benzene rings is 1. The fraction of sp³-hybridized carbons (Fsp3) is 0.333. The van der Waals surface area contributed by atoms with E-state index in [0.717, 1.165) is 11.8 Å². The van der Waals surface area contributed by atoms with Gasteiger partial charge in [-0.05, 0) is 25.0 Å². The molecule has 0 fully saturated rings. The molecule has 2 amide bonds. The van der Waals surface area contributed by atoms with Crippen LogP contribution >= 0.6 is 0 Å². The van der Waals surface area contributed by atoms with Crippen molar-refractivity contribution in [2.45, 2.75) is 25.7 Å². The van der Waals surface area contributed by atoms with Crippen molar-refractivity contribution in [1.29, 1.82) is 0 Å². The third-order valence-corrected chi connectivity index (χ3v) is 3.09. The summed E-state index contributed by atoms with van der Waals surface area (Å²) in [5.41, 5.74) is 4.54. The van der Waals surface area contributed by atoms with Crippen LogP contribution in [0.4, 0.5) is 0 Å². The van der Waals surface area contributed by atoms with Crippen molar-refractivity contribution in [2.24, 2.45) is 0 Å². The van der Waals surface area contributed by atoms with E-state index in [1.165, 1.54) is 0 Å². The second-order valence-electron chi connectivity index (χ2n) is 4.77. The molecule has 2 aromatic rings. The molecule has 0 atom stereocenters. The van der Waals surface area contributed by atoms with Crippen molar-refractivity contribution in [3.8, 4) is 0 Å². The van der Waals surface area contributed by atoms with Gasteiger partial charge in [-0.15, -0.1) is 0 Å². The molecule has 1 aromatic heterocycles. The number of carbonyl (C=O) groups excluding carboxylic acids is 2. The second kappa shape index (κ2) is 8.16. The van der Waals surface area contributed by atoms with Crippen LogP contribution in [-0.4, -0.2) is 23.6 Å². The molecule has 0 radical (unpaired) electrons. The number of rotatable bonds is 8. The third kappa shape index (κ3) is 4.57. The number of unbranched alkanes of at least 4 members (excludes halogenated alkanes) is 2. The first-order valence-corrected chi connectivity index (χ1v) is 7.04. The smallest absolute Gasteiger partial charge is 0.310 e. The van der Waals surface area contributed by atoms with Crippen LogP contribution < -0.4 is 11.0 Å². The van der Waals surface area contributed by atoms with Crippen molar-refractivity contribution in [1.82, 2.24) is 11.0 Å². The van der Waals surface area contributed by atoms with Gasteiger partial charge in [0.25, 0.3) is 0 Å². The van der Waals surface area contributed by atoms with Gasteiger partial charge in [-0.3, -0.25) is 19.6 Å². The maximum Gasteiger partial charge on any atom is 0.310 e. The number of para-hydroxylation sites is 1. The zero-order valence-corrected chi connectivity index (χ0v) is 12.0. The lowest BCUT2D eigenvalue weighted by atomic mass is 10.2. The van der Waals surface area contributed by atoms with Crippen LogP contribution in [-0.2, 0) is 9.63 Å². The first-order valence-electron chi connectivity index (χ1n) is 7.04. The van der Waals surface area contributed by atoms with E-state index < -0.39 is 11.8 Å². The number of hydrogen-bond donors (Lipinski definition) is 3. The Morgan fingerprint density at radius 1 is 1.18 bits per heavy atom. The Hall–Kier alpha value is -2.38. The summed E-state index contributed by atoms with van der Waals surface area (Å²) in [6, 6.07) is 9.00. The van der Waals surface area contributed by atoms with E-state index in [4.69, 9.17) is 14.5 Å².